The molecule has 0 aliphatic carbocycles. The third kappa shape index (κ3) is 13.0. The summed E-state index contributed by atoms with van der Waals surface area (Å²) in [5, 5.41) is 9.11. The average molecular weight is 974 g/mol. The minimum atomic E-state index is -4.08. The Morgan fingerprint density at radius 3 is 1.79 bits per heavy atom. The van der Waals surface area contributed by atoms with Gasteiger partial charge in [0.05, 0.1) is 97.0 Å². The molecule has 0 amide bonds. The fourth-order valence-electron chi connectivity index (χ4n) is 5.63. The zero-order chi connectivity index (χ0) is 48.0. The van der Waals surface area contributed by atoms with E-state index in [-0.39, 0.29) is 21.3 Å². The first-order valence-electron chi connectivity index (χ1n) is 18.6. The fraction of sp³-hybridized carbons (Fsp3) is 0.122. The number of fused-ring (bicyclic) bond motifs is 2. The van der Waals surface area contributed by atoms with Gasteiger partial charge in [0.2, 0.25) is 30.0 Å². The van der Waals surface area contributed by atoms with E-state index < -0.39 is 10.1 Å². The van der Waals surface area contributed by atoms with Crippen LogP contribution >= 0.6 is 34.8 Å². The third-order valence-electron chi connectivity index (χ3n) is 8.35. The molecule has 0 spiro atoms. The van der Waals surface area contributed by atoms with Crippen LogP contribution < -0.4 is 25.6 Å². The van der Waals surface area contributed by atoms with Gasteiger partial charge in [0.25, 0.3) is 15.7 Å². The highest BCUT2D eigenvalue weighted by molar-refractivity contribution is 7.86. The Morgan fingerprint density at radius 2 is 1.27 bits per heavy atom. The van der Waals surface area contributed by atoms with Crippen molar-refractivity contribution in [2.75, 3.05) is 20.1 Å². The molecule has 0 saturated heterocycles. The van der Waals surface area contributed by atoms with Crippen LogP contribution in [0.4, 0.5) is 0 Å². The molecule has 0 aliphatic heterocycles. The van der Waals surface area contributed by atoms with Crippen molar-refractivity contribution in [3.63, 3.8) is 0 Å². The number of aromatic amines is 1. The summed E-state index contributed by atoms with van der Waals surface area (Å²) in [7, 11) is -1.10. The van der Waals surface area contributed by atoms with Crippen molar-refractivity contribution < 1.29 is 27.1 Å². The van der Waals surface area contributed by atoms with Gasteiger partial charge in [0.15, 0.2) is 5.82 Å². The van der Waals surface area contributed by atoms with Crippen molar-refractivity contribution >= 4 is 56.0 Å². The Balaban J connectivity index is 0.000000160. The second-order valence-electron chi connectivity index (χ2n) is 13.0. The van der Waals surface area contributed by atoms with Crippen LogP contribution in [-0.2, 0) is 10.1 Å². The molecule has 0 unspecified atom stereocenters. The van der Waals surface area contributed by atoms with E-state index in [2.05, 4.69) is 61.0 Å². The van der Waals surface area contributed by atoms with Gasteiger partial charge in [-0.1, -0.05) is 57.2 Å². The summed E-state index contributed by atoms with van der Waals surface area (Å²) < 4.78 is 45.5. The topological polar surface area (TPSA) is 273 Å². The van der Waals surface area contributed by atoms with Gasteiger partial charge in [-0.2, -0.15) is 28.6 Å². The molecule has 66 heavy (non-hydrogen) atoms. The Bertz CT molecular complexity index is 3290. The van der Waals surface area contributed by atoms with Crippen LogP contribution in [0.2, 0.25) is 15.1 Å². The predicted octanol–water partition coefficient (Wildman–Crippen LogP) is 5.04. The maximum Gasteiger partial charge on any atom is 0.295 e. The molecule has 9 rings (SSSR count). The van der Waals surface area contributed by atoms with Gasteiger partial charge in [-0.15, -0.1) is 6.42 Å². The number of halogens is 3. The highest BCUT2D eigenvalue weighted by Gasteiger charge is 2.16. The average Bonchev–Trinajstić information content (AvgIpc) is 3.93. The Labute approximate surface area is 391 Å². The van der Waals surface area contributed by atoms with Crippen LogP contribution in [0.25, 0.3) is 33.8 Å². The van der Waals surface area contributed by atoms with Gasteiger partial charge in [-0.05, 0) is 37.8 Å². The van der Waals surface area contributed by atoms with Crippen LogP contribution in [0.15, 0.2) is 115 Å². The molecule has 9 aromatic rings. The first-order chi connectivity index (χ1) is 31.5. The standard InChI is InChI=1S/C11H8ClN5O.C10H6ClN5O.C9H12O3S.C7H5ClN2O.C4H6N3/c1-18-11-8(12)5-14-10(16-11)7-4-15-17-3-2-13-6-9(7)17;11-7-4-13-9(15-10(7)17)6-3-14-16-2-1-12-5-8(6)16;1-6-4-7(2)9(8(3)5-6)13(10,11)12;1-3-6-9-4-5(8)7(10-6)11-2;5-7-3-1-6-2-4-7/h2-6H,1H3;1-5H,(H,13,15,17);4-5H,1-3H3,(H,10,11,12);1,4H,2H3;1-4H,(H2,5,6)/q;;;;+1. The van der Waals surface area contributed by atoms with E-state index in [0.717, 1.165) is 22.2 Å². The smallest absolute Gasteiger partial charge is 0.295 e. The van der Waals surface area contributed by atoms with Crippen molar-refractivity contribution in [1.82, 2.24) is 64.1 Å². The largest absolute Gasteiger partial charge is 0.480 e. The second-order valence-corrected chi connectivity index (χ2v) is 15.6. The second kappa shape index (κ2) is 22.8. The number of H-pyrrole nitrogens is 1. The number of benzene rings is 1. The minimum absolute atomic E-state index is 0.0260. The molecule has 0 bridgehead atoms. The highest BCUT2D eigenvalue weighted by Crippen LogP contribution is 2.27. The van der Waals surface area contributed by atoms with Gasteiger partial charge in [-0.3, -0.25) is 24.3 Å². The molecule has 0 radical (unpaired) electrons. The molecule has 0 atom stereocenters. The van der Waals surface area contributed by atoms with Crippen LogP contribution in [-0.4, -0.2) is 91.3 Å². The number of methoxy groups -OCH3 is 2. The molecule has 338 valence electrons. The Hall–Kier alpha value is -7.68. The summed E-state index contributed by atoms with van der Waals surface area (Å²) in [5.74, 6) is 9.33. The van der Waals surface area contributed by atoms with E-state index in [1.807, 2.05) is 6.92 Å². The normalized spacial score (nSPS) is 10.4. The number of terminal acetylenes is 1. The summed E-state index contributed by atoms with van der Waals surface area (Å²) in [6.07, 6.45) is 29.3. The molecular weight excluding hydrogens is 937 g/mol. The maximum absolute atomic E-state index is 11.4. The number of nitrogens with two attached hydrogens (primary N) is 1. The number of nitrogens with one attached hydrogen (secondary N) is 1. The summed E-state index contributed by atoms with van der Waals surface area (Å²) in [6.45, 7) is 5.22. The van der Waals surface area contributed by atoms with Crippen LogP contribution in [0.3, 0.4) is 0 Å². The van der Waals surface area contributed by atoms with Gasteiger partial charge in [-0.25, -0.2) is 29.8 Å². The van der Waals surface area contributed by atoms with Crippen LogP contribution in [0, 0.1) is 33.1 Å². The molecule has 25 heteroatoms. The van der Waals surface area contributed by atoms with E-state index in [4.69, 9.17) is 61.1 Å². The molecule has 8 heterocycles. The molecule has 0 fully saturated rings. The summed E-state index contributed by atoms with van der Waals surface area (Å²) >= 11 is 17.1. The first kappa shape index (κ1) is 49.3. The molecule has 0 aliphatic rings. The van der Waals surface area contributed by atoms with Crippen LogP contribution in [0.1, 0.15) is 22.5 Å². The Kier molecular flexibility index (Phi) is 17.0. The number of aromatic nitrogens is 14. The van der Waals surface area contributed by atoms with Gasteiger partial charge in [0, 0.05) is 24.8 Å². The molecule has 8 aromatic heterocycles. The van der Waals surface area contributed by atoms with Gasteiger partial charge >= 0.3 is 0 Å². The molecule has 4 N–H and O–H groups in total. The van der Waals surface area contributed by atoms with E-state index in [1.165, 1.54) is 37.5 Å². The molecule has 0 saturated carbocycles. The number of nitrogens with zero attached hydrogens (tertiary/aromatic N) is 13. The number of hydrogen-bond acceptors (Lipinski definition) is 16. The van der Waals surface area contributed by atoms with Crippen molar-refractivity contribution in [2.24, 2.45) is 0 Å². The number of rotatable bonds is 5. The maximum atomic E-state index is 11.4. The number of aryl methyl sites for hydroxylation is 3. The quantitative estimate of drug-likeness (QED) is 0.0882. The first-order valence-corrected chi connectivity index (χ1v) is 21.1. The number of hydrogen-bond donors (Lipinski definition) is 3. The molecular formula is C41H37Cl3N15O6S+. The van der Waals surface area contributed by atoms with Gasteiger partial charge in [0.1, 0.15) is 20.9 Å². The lowest BCUT2D eigenvalue weighted by Crippen LogP contribution is -2.43. The lowest BCUT2D eigenvalue weighted by atomic mass is 10.1. The predicted molar refractivity (Wildman–Crippen MR) is 244 cm³/mol. The van der Waals surface area contributed by atoms with E-state index in [0.29, 0.717) is 50.1 Å². The van der Waals surface area contributed by atoms with Crippen molar-refractivity contribution in [3.05, 3.63) is 153 Å². The molecule has 1 aromatic carbocycles. The van der Waals surface area contributed by atoms with E-state index in [1.54, 1.807) is 109 Å². The lowest BCUT2D eigenvalue weighted by molar-refractivity contribution is -0.639. The zero-order valence-electron chi connectivity index (χ0n) is 35.3. The van der Waals surface area contributed by atoms with Crippen molar-refractivity contribution in [3.8, 4) is 46.9 Å². The van der Waals surface area contributed by atoms with Crippen molar-refractivity contribution in [1.29, 1.82) is 0 Å². The zero-order valence-corrected chi connectivity index (χ0v) is 38.4. The fourth-order valence-corrected chi connectivity index (χ4v) is 7.00. The van der Waals surface area contributed by atoms with Crippen LogP contribution in [0.5, 0.6) is 11.8 Å². The van der Waals surface area contributed by atoms with E-state index in [9.17, 15) is 13.2 Å². The SMILES string of the molecule is C#Cc1ncc(Cl)c(OC)n1.COc1nc(-c2cnn3ccncc23)ncc1Cl.Cc1cc(C)c(S(=O)(=O)O)c(C)c1.N[n+]1ccncc1.O=c1[nH]c(-c2cnn3ccncc23)ncc1Cl. The minimum Gasteiger partial charge on any atom is -0.480 e. The molecule has 21 nitrogen and oxygen atoms in total. The third-order valence-corrected chi connectivity index (χ3v) is 10.3. The number of nitrogen functional groups attached to an aromatic ring is 1. The van der Waals surface area contributed by atoms with E-state index >= 15 is 0 Å². The number of ether oxygens (including phenoxy) is 2. The van der Waals surface area contributed by atoms with Gasteiger partial charge < -0.3 is 14.5 Å². The monoisotopic (exact) mass is 972 g/mol. The Morgan fingerprint density at radius 1 is 0.742 bits per heavy atom. The summed E-state index contributed by atoms with van der Waals surface area (Å²) in [4.78, 5) is 45.9. The highest BCUT2D eigenvalue weighted by atomic mass is 35.5. The summed E-state index contributed by atoms with van der Waals surface area (Å²) in [5.41, 5.74) is 4.84. The van der Waals surface area contributed by atoms with Crippen molar-refractivity contribution in [2.45, 2.75) is 25.7 Å². The lowest BCUT2D eigenvalue weighted by Gasteiger charge is -2.07. The summed E-state index contributed by atoms with van der Waals surface area (Å²) in [6, 6.07) is 3.46.